The van der Waals surface area contributed by atoms with Crippen molar-refractivity contribution in [2.45, 2.75) is 63.5 Å². The Morgan fingerprint density at radius 2 is 1.48 bits per heavy atom. The van der Waals surface area contributed by atoms with E-state index in [1.54, 1.807) is 24.9 Å². The molecule has 1 fully saturated rings. The fourth-order valence-corrected chi connectivity index (χ4v) is 5.62. The number of amides is 1. The van der Waals surface area contributed by atoms with Crippen molar-refractivity contribution in [2.24, 2.45) is 0 Å². The fraction of sp³-hybridized carbons (Fsp3) is 0.387. The highest BCUT2D eigenvalue weighted by molar-refractivity contribution is 6.03. The van der Waals surface area contributed by atoms with Crippen LogP contribution in [0.3, 0.4) is 0 Å². The number of hydrogen-bond acceptors (Lipinski definition) is 4. The molecular formula is C31H30F7N3O3. The number of aryl methyl sites for hydroxylation is 1. The lowest BCUT2D eigenvalue weighted by atomic mass is 9.81. The number of likely N-dealkylation sites (N-methyl/N-ethyl adjacent to an activating group) is 2. The topological polar surface area (TPSA) is 73.7 Å². The molecule has 44 heavy (non-hydrogen) atoms. The zero-order chi connectivity index (χ0) is 32.9. The van der Waals surface area contributed by atoms with Gasteiger partial charge in [-0.25, -0.2) is 4.39 Å². The highest BCUT2D eigenvalue weighted by Crippen LogP contribution is 2.42. The third-order valence-electron chi connectivity index (χ3n) is 8.22. The number of aromatic nitrogens is 1. The first-order valence-corrected chi connectivity index (χ1v) is 13.5. The third-order valence-corrected chi connectivity index (χ3v) is 8.22. The number of carboxylic acids is 1. The largest absolute Gasteiger partial charge is 0.480 e. The Labute approximate surface area is 249 Å². The number of alkyl halides is 6. The first-order valence-electron chi connectivity index (χ1n) is 13.5. The van der Waals surface area contributed by atoms with Crippen LogP contribution in [-0.4, -0.2) is 47.0 Å². The van der Waals surface area contributed by atoms with Crippen LogP contribution in [0.15, 0.2) is 48.7 Å². The van der Waals surface area contributed by atoms with Gasteiger partial charge in [-0.2, -0.15) is 26.3 Å². The highest BCUT2D eigenvalue weighted by Gasteiger charge is 2.42. The number of carboxylic acid groups (broad SMARTS) is 1. The van der Waals surface area contributed by atoms with Gasteiger partial charge in [0.15, 0.2) is 0 Å². The zero-order valence-electron chi connectivity index (χ0n) is 24.4. The van der Waals surface area contributed by atoms with Gasteiger partial charge in [0.1, 0.15) is 11.9 Å². The lowest BCUT2D eigenvalue weighted by Gasteiger charge is -2.32. The molecule has 2 heterocycles. The van der Waals surface area contributed by atoms with Crippen LogP contribution in [0.4, 0.5) is 36.4 Å². The Bertz CT molecular complexity index is 1570. The molecule has 3 aromatic rings. The molecule has 2 aromatic carbocycles. The van der Waals surface area contributed by atoms with Crippen molar-refractivity contribution in [1.29, 1.82) is 0 Å². The van der Waals surface area contributed by atoms with Crippen LogP contribution in [0.25, 0.3) is 11.1 Å². The summed E-state index contributed by atoms with van der Waals surface area (Å²) in [5.41, 5.74) is -3.43. The van der Waals surface area contributed by atoms with E-state index in [2.05, 4.69) is 4.98 Å². The molecule has 1 aliphatic rings. The fourth-order valence-electron chi connectivity index (χ4n) is 5.62. The van der Waals surface area contributed by atoms with Gasteiger partial charge in [0, 0.05) is 12.6 Å². The lowest BCUT2D eigenvalue weighted by Crippen LogP contribution is -2.42. The van der Waals surface area contributed by atoms with Crippen molar-refractivity contribution in [3.8, 4) is 11.1 Å². The molecule has 1 N–H and O–H groups in total. The van der Waals surface area contributed by atoms with E-state index in [0.29, 0.717) is 47.4 Å². The molecule has 0 aliphatic carbocycles. The Kier molecular flexibility index (Phi) is 8.59. The molecule has 13 heteroatoms. The third kappa shape index (κ3) is 6.28. The molecular weight excluding hydrogens is 595 g/mol. The molecule has 2 atom stereocenters. The molecule has 0 bridgehead atoms. The number of halogens is 7. The minimum atomic E-state index is -5.10. The Hall–Kier alpha value is -4.00. The summed E-state index contributed by atoms with van der Waals surface area (Å²) in [6, 6.07) is 5.53. The van der Waals surface area contributed by atoms with Crippen molar-refractivity contribution in [3.05, 3.63) is 82.4 Å². The quantitative estimate of drug-likeness (QED) is 0.289. The second kappa shape index (κ2) is 11.5. The number of hydrogen-bond donors (Lipinski definition) is 1. The first-order chi connectivity index (χ1) is 20.2. The summed E-state index contributed by atoms with van der Waals surface area (Å²) in [6.45, 7) is 4.09. The van der Waals surface area contributed by atoms with E-state index in [0.717, 1.165) is 4.90 Å². The van der Waals surface area contributed by atoms with Crippen LogP contribution >= 0.6 is 0 Å². The van der Waals surface area contributed by atoms with Gasteiger partial charge in [0.05, 0.1) is 40.2 Å². The molecule has 0 saturated carbocycles. The van der Waals surface area contributed by atoms with E-state index in [1.807, 2.05) is 0 Å². The number of nitrogens with zero attached hydrogens (tertiary/aromatic N) is 3. The second-order valence-electron chi connectivity index (χ2n) is 11.5. The number of aliphatic carboxylic acids is 1. The average molecular weight is 626 g/mol. The van der Waals surface area contributed by atoms with E-state index < -0.39 is 64.2 Å². The molecule has 1 saturated heterocycles. The van der Waals surface area contributed by atoms with E-state index in [9.17, 15) is 45.4 Å². The predicted molar refractivity (Wildman–Crippen MR) is 148 cm³/mol. The van der Waals surface area contributed by atoms with Crippen LogP contribution in [0.2, 0.25) is 0 Å². The van der Waals surface area contributed by atoms with Gasteiger partial charge in [0.25, 0.3) is 0 Å². The smallest absolute Gasteiger partial charge is 0.416 e. The summed E-state index contributed by atoms with van der Waals surface area (Å²) >= 11 is 0. The molecule has 1 amide bonds. The van der Waals surface area contributed by atoms with Crippen LogP contribution in [0.1, 0.15) is 60.7 Å². The number of rotatable bonds is 6. The summed E-state index contributed by atoms with van der Waals surface area (Å²) < 4.78 is 95.5. The number of carbonyl (C=O) groups is 2. The molecule has 6 nitrogen and oxygen atoms in total. The van der Waals surface area contributed by atoms with E-state index in [-0.39, 0.29) is 11.8 Å². The number of pyridine rings is 1. The van der Waals surface area contributed by atoms with E-state index in [1.165, 1.54) is 45.3 Å². The van der Waals surface area contributed by atoms with Gasteiger partial charge in [0.2, 0.25) is 5.91 Å². The molecule has 236 valence electrons. The monoisotopic (exact) mass is 625 g/mol. The molecule has 4 rings (SSSR count). The van der Waals surface area contributed by atoms with Crippen molar-refractivity contribution >= 4 is 17.6 Å². The van der Waals surface area contributed by atoms with E-state index >= 15 is 0 Å². The standard InChI is InChI=1S/C31H30F7N3O3/c1-16-10-20(32)6-7-21(16)22-14-23(24-8-9-25(27(42)43)40(24)4)39-15-26(22)41(5)28(44)29(2,3)17-11-18(30(33,34)35)13-19(12-17)31(36,37)38/h6-7,10-15,24-25H,8-9H2,1-5H3,(H,42,43)/t24?,25-/m0/s1. The van der Waals surface area contributed by atoms with Gasteiger partial charge in [-0.15, -0.1) is 0 Å². The van der Waals surface area contributed by atoms with Gasteiger partial charge in [-0.1, -0.05) is 6.07 Å². The lowest BCUT2D eigenvalue weighted by molar-refractivity contribution is -0.144. The Morgan fingerprint density at radius 1 is 0.909 bits per heavy atom. The van der Waals surface area contributed by atoms with Crippen LogP contribution < -0.4 is 4.90 Å². The highest BCUT2D eigenvalue weighted by atomic mass is 19.4. The number of benzene rings is 2. The van der Waals surface area contributed by atoms with Crippen molar-refractivity contribution < 1.29 is 45.4 Å². The van der Waals surface area contributed by atoms with E-state index in [4.69, 9.17) is 0 Å². The van der Waals surface area contributed by atoms with Crippen molar-refractivity contribution in [1.82, 2.24) is 9.88 Å². The maximum atomic E-state index is 14.0. The van der Waals surface area contributed by atoms with Crippen LogP contribution in [-0.2, 0) is 27.4 Å². The summed E-state index contributed by atoms with van der Waals surface area (Å²) in [5, 5.41) is 9.55. The maximum absolute atomic E-state index is 14.0. The minimum Gasteiger partial charge on any atom is -0.480 e. The summed E-state index contributed by atoms with van der Waals surface area (Å²) in [4.78, 5) is 32.8. The molecule has 1 aliphatic heterocycles. The molecule has 0 radical (unpaired) electrons. The summed E-state index contributed by atoms with van der Waals surface area (Å²) in [7, 11) is 2.97. The van der Waals surface area contributed by atoms with Crippen molar-refractivity contribution in [3.63, 3.8) is 0 Å². The molecule has 0 spiro atoms. The minimum absolute atomic E-state index is 0.000778. The Morgan fingerprint density at radius 3 is 1.98 bits per heavy atom. The normalized spacial score (nSPS) is 18.0. The zero-order valence-corrected chi connectivity index (χ0v) is 24.4. The van der Waals surface area contributed by atoms with Gasteiger partial charge in [-0.05, 0) is 93.7 Å². The first kappa shape index (κ1) is 32.9. The molecule has 1 unspecified atom stereocenters. The van der Waals surface area contributed by atoms with Crippen molar-refractivity contribution in [2.75, 3.05) is 19.0 Å². The van der Waals surface area contributed by atoms with Crippen LogP contribution in [0.5, 0.6) is 0 Å². The van der Waals surface area contributed by atoms with Gasteiger partial charge < -0.3 is 10.0 Å². The number of carbonyl (C=O) groups excluding carboxylic acids is 1. The summed E-state index contributed by atoms with van der Waals surface area (Å²) in [5.74, 6) is -2.33. The second-order valence-corrected chi connectivity index (χ2v) is 11.5. The predicted octanol–water partition coefficient (Wildman–Crippen LogP) is 7.39. The Balaban J connectivity index is 1.83. The average Bonchev–Trinajstić information content (AvgIpc) is 3.32. The van der Waals surface area contributed by atoms with Gasteiger partial charge >= 0.3 is 18.3 Å². The maximum Gasteiger partial charge on any atom is 0.416 e. The SMILES string of the molecule is Cc1cc(F)ccc1-c1cc(C2CC[C@@H](C(=O)O)N2C)ncc1N(C)C(=O)C(C)(C)c1cc(C(F)(F)F)cc(C(F)(F)F)c1. The number of likely N-dealkylation sites (tertiary alicyclic amines) is 1. The summed E-state index contributed by atoms with van der Waals surface area (Å²) in [6.07, 6.45) is -8.01. The van der Waals surface area contributed by atoms with Gasteiger partial charge in [-0.3, -0.25) is 19.5 Å². The number of anilines is 1. The molecule has 1 aromatic heterocycles. The van der Waals surface area contributed by atoms with Crippen LogP contribution in [0, 0.1) is 12.7 Å².